The molecular weight excluding hydrogens is 797 g/mol. The average Bonchev–Trinajstić information content (AvgIpc) is 3.67. The third-order valence-corrected chi connectivity index (χ3v) is 11.1. The monoisotopic (exact) mass is 852 g/mol. The Morgan fingerprint density at radius 1 is 0.317 bits per heavy atom. The van der Waals surface area contributed by atoms with Gasteiger partial charge >= 0.3 is 0 Å². The van der Waals surface area contributed by atoms with Crippen molar-refractivity contribution in [1.82, 2.24) is 0 Å². The number of hydrogen-bond donors (Lipinski definition) is 1. The summed E-state index contributed by atoms with van der Waals surface area (Å²) in [5.74, 6) is 0. The molecule has 2 saturated heterocycles. The summed E-state index contributed by atoms with van der Waals surface area (Å²) < 4.78 is 59.4. The van der Waals surface area contributed by atoms with Crippen molar-refractivity contribution in [2.24, 2.45) is 0 Å². The second-order valence-electron chi connectivity index (χ2n) is 15.7. The highest BCUT2D eigenvalue weighted by atomic mass is 16.7. The quantitative estimate of drug-likeness (QED) is 0.0715. The Labute approximate surface area is 370 Å². The van der Waals surface area contributed by atoms with Gasteiger partial charge in [-0.05, 0) is 33.4 Å². The molecule has 9 atom stereocenters. The zero-order chi connectivity index (χ0) is 42.9. The van der Waals surface area contributed by atoms with Gasteiger partial charge in [-0.1, -0.05) is 182 Å². The minimum atomic E-state index is -1.37. The molecule has 1 N–H and O–H groups in total. The molecule has 0 bridgehead atoms. The molecule has 6 aromatic rings. The summed E-state index contributed by atoms with van der Waals surface area (Å²) in [6.07, 6.45) is -7.22. The Kier molecular flexibility index (Phi) is 16.7. The van der Waals surface area contributed by atoms with Gasteiger partial charge in [0.15, 0.2) is 12.6 Å². The number of rotatable bonds is 22. The summed E-state index contributed by atoms with van der Waals surface area (Å²) in [5.41, 5.74) is 5.94. The van der Waals surface area contributed by atoms with E-state index in [0.717, 1.165) is 33.4 Å². The van der Waals surface area contributed by atoms with Gasteiger partial charge in [-0.15, -0.1) is 0 Å². The van der Waals surface area contributed by atoms with E-state index in [4.69, 9.17) is 42.6 Å². The Morgan fingerprint density at radius 3 is 1.05 bits per heavy atom. The Bertz CT molecular complexity index is 2150. The van der Waals surface area contributed by atoms with Gasteiger partial charge in [0.2, 0.25) is 0 Å². The molecule has 0 aliphatic carbocycles. The van der Waals surface area contributed by atoms with Crippen molar-refractivity contribution in [2.45, 2.75) is 94.9 Å². The van der Waals surface area contributed by atoms with Crippen molar-refractivity contribution >= 4 is 0 Å². The molecule has 0 saturated carbocycles. The molecule has 8 rings (SSSR count). The Balaban J connectivity index is 1.05. The van der Waals surface area contributed by atoms with Crippen molar-refractivity contribution in [2.75, 3.05) is 13.2 Å². The zero-order valence-corrected chi connectivity index (χ0v) is 35.3. The van der Waals surface area contributed by atoms with Gasteiger partial charge in [0.25, 0.3) is 0 Å². The molecule has 2 aliphatic heterocycles. The zero-order valence-electron chi connectivity index (χ0n) is 35.3. The minimum absolute atomic E-state index is 0.0357. The van der Waals surface area contributed by atoms with Crippen molar-refractivity contribution in [3.63, 3.8) is 0 Å². The van der Waals surface area contributed by atoms with E-state index in [1.54, 1.807) is 0 Å². The second-order valence-corrected chi connectivity index (χ2v) is 15.7. The van der Waals surface area contributed by atoms with Crippen LogP contribution < -0.4 is 0 Å². The number of aliphatic hydroxyl groups excluding tert-OH is 1. The first-order valence-electron chi connectivity index (χ1n) is 21.7. The fraction of sp³-hybridized carbons (Fsp3) is 0.321. The standard InChI is InChI=1S/C53H56O10/c54-52-50(59-35-43-27-15-5-16-28-43)49(58-34-42-25-13-4-14-26-42)47(56-32-40-21-9-2-10-22-40)46(62-52)38-61-53-51(60-36-44-29-17-6-18-30-44)48(57-33-41-23-11-3-12-24-41)45(63-53)37-55-31-39-19-7-1-8-20-39/h1-30,45-54H,31-38H2/t45-,46-,47-,48-,49+,50-,51-,52+,53?/m1/s1. The molecule has 0 spiro atoms. The van der Waals surface area contributed by atoms with E-state index in [2.05, 4.69) is 0 Å². The molecular formula is C53H56O10. The molecule has 10 nitrogen and oxygen atoms in total. The lowest BCUT2D eigenvalue weighted by Gasteiger charge is -2.44. The maximum atomic E-state index is 11.8. The van der Waals surface area contributed by atoms with Crippen LogP contribution in [0.2, 0.25) is 0 Å². The van der Waals surface area contributed by atoms with Gasteiger partial charge < -0.3 is 47.7 Å². The van der Waals surface area contributed by atoms with E-state index in [0.29, 0.717) is 19.8 Å². The van der Waals surface area contributed by atoms with Gasteiger partial charge in [-0.25, -0.2) is 0 Å². The fourth-order valence-corrected chi connectivity index (χ4v) is 7.83. The number of benzene rings is 6. The molecule has 0 amide bonds. The first kappa shape index (κ1) is 44.5. The van der Waals surface area contributed by atoms with E-state index < -0.39 is 55.3 Å². The van der Waals surface area contributed by atoms with Crippen LogP contribution in [0.1, 0.15) is 33.4 Å². The lowest BCUT2D eigenvalue weighted by molar-refractivity contribution is -0.323. The van der Waals surface area contributed by atoms with E-state index in [-0.39, 0.29) is 33.0 Å². The molecule has 328 valence electrons. The third kappa shape index (κ3) is 13.0. The number of ether oxygens (including phenoxy) is 9. The van der Waals surface area contributed by atoms with Crippen LogP contribution >= 0.6 is 0 Å². The molecule has 2 heterocycles. The highest BCUT2D eigenvalue weighted by Crippen LogP contribution is 2.33. The molecule has 1 unspecified atom stereocenters. The van der Waals surface area contributed by atoms with Gasteiger partial charge in [-0.2, -0.15) is 0 Å². The maximum absolute atomic E-state index is 11.8. The van der Waals surface area contributed by atoms with E-state index in [9.17, 15) is 5.11 Å². The number of aliphatic hydroxyl groups is 1. The van der Waals surface area contributed by atoms with Crippen LogP contribution in [-0.4, -0.2) is 73.6 Å². The van der Waals surface area contributed by atoms with E-state index in [1.807, 2.05) is 182 Å². The highest BCUT2D eigenvalue weighted by molar-refractivity contribution is 5.18. The summed E-state index contributed by atoms with van der Waals surface area (Å²) >= 11 is 0. The summed E-state index contributed by atoms with van der Waals surface area (Å²) in [5, 5.41) is 11.8. The molecule has 10 heteroatoms. The minimum Gasteiger partial charge on any atom is -0.374 e. The lowest BCUT2D eigenvalue weighted by Crippen LogP contribution is -2.61. The third-order valence-electron chi connectivity index (χ3n) is 11.1. The van der Waals surface area contributed by atoms with Crippen LogP contribution in [0.3, 0.4) is 0 Å². The molecule has 0 radical (unpaired) electrons. The average molecular weight is 853 g/mol. The van der Waals surface area contributed by atoms with Crippen LogP contribution in [0.25, 0.3) is 0 Å². The Hall–Kier alpha value is -5.08. The van der Waals surface area contributed by atoms with Crippen LogP contribution in [0.15, 0.2) is 182 Å². The van der Waals surface area contributed by atoms with Gasteiger partial charge in [-0.3, -0.25) is 0 Å². The van der Waals surface area contributed by atoms with Crippen molar-refractivity contribution in [3.8, 4) is 0 Å². The molecule has 63 heavy (non-hydrogen) atoms. The first-order chi connectivity index (χ1) is 31.2. The van der Waals surface area contributed by atoms with E-state index in [1.165, 1.54) is 0 Å². The predicted molar refractivity (Wildman–Crippen MR) is 237 cm³/mol. The van der Waals surface area contributed by atoms with Crippen molar-refractivity contribution < 1.29 is 47.7 Å². The smallest absolute Gasteiger partial charge is 0.187 e. The van der Waals surface area contributed by atoms with Crippen molar-refractivity contribution in [1.29, 1.82) is 0 Å². The van der Waals surface area contributed by atoms with Gasteiger partial charge in [0.1, 0.15) is 42.7 Å². The Morgan fingerprint density at radius 2 is 0.635 bits per heavy atom. The molecule has 6 aromatic carbocycles. The highest BCUT2D eigenvalue weighted by Gasteiger charge is 2.51. The predicted octanol–water partition coefficient (Wildman–Crippen LogP) is 8.59. The summed E-state index contributed by atoms with van der Waals surface area (Å²) in [6, 6.07) is 59.6. The van der Waals surface area contributed by atoms with Crippen LogP contribution in [0.5, 0.6) is 0 Å². The topological polar surface area (TPSA) is 103 Å². The second kappa shape index (κ2) is 23.6. The maximum Gasteiger partial charge on any atom is 0.187 e. The normalized spacial score (nSPS) is 24.6. The summed E-state index contributed by atoms with van der Waals surface area (Å²) in [6.45, 7) is 1.99. The van der Waals surface area contributed by atoms with E-state index >= 15 is 0 Å². The van der Waals surface area contributed by atoms with Crippen LogP contribution in [0, 0.1) is 0 Å². The van der Waals surface area contributed by atoms with Crippen LogP contribution in [-0.2, 0) is 82.3 Å². The molecule has 0 aromatic heterocycles. The molecule has 2 fully saturated rings. The first-order valence-corrected chi connectivity index (χ1v) is 21.7. The fourth-order valence-electron chi connectivity index (χ4n) is 7.83. The van der Waals surface area contributed by atoms with Crippen molar-refractivity contribution in [3.05, 3.63) is 215 Å². The van der Waals surface area contributed by atoms with Gasteiger partial charge in [0, 0.05) is 0 Å². The number of hydrogen-bond acceptors (Lipinski definition) is 10. The van der Waals surface area contributed by atoms with Crippen LogP contribution in [0.4, 0.5) is 0 Å². The van der Waals surface area contributed by atoms with Gasteiger partial charge in [0.05, 0.1) is 52.9 Å². The lowest BCUT2D eigenvalue weighted by atomic mass is 9.98. The largest absolute Gasteiger partial charge is 0.374 e. The summed E-state index contributed by atoms with van der Waals surface area (Å²) in [4.78, 5) is 0. The SMILES string of the molecule is O[C@H]1O[C@H](COC2O[C@H](COCc3ccccc3)[C@@H](OCc3ccccc3)[C@H]2OCc2ccccc2)[C@@H](OCc2ccccc2)[C@H](OCc2ccccc2)[C@H]1OCc1ccccc1. The molecule has 2 aliphatic rings. The summed E-state index contributed by atoms with van der Waals surface area (Å²) in [7, 11) is 0.